The second-order valence-corrected chi connectivity index (χ2v) is 9.14. The summed E-state index contributed by atoms with van der Waals surface area (Å²) in [5, 5.41) is 0. The Kier molecular flexibility index (Phi) is 9.45. The summed E-state index contributed by atoms with van der Waals surface area (Å²) in [6.45, 7) is 8.44. The van der Waals surface area contributed by atoms with Crippen LogP contribution in [0.4, 0.5) is 4.79 Å². The number of hydrogen-bond donors (Lipinski definition) is 0. The highest BCUT2D eigenvalue weighted by Gasteiger charge is 2.39. The number of pyridine rings is 1. The topological polar surface area (TPSA) is 96.4 Å². The van der Waals surface area contributed by atoms with Crippen LogP contribution in [0.2, 0.25) is 0 Å². The quantitative estimate of drug-likeness (QED) is 0.280. The Balaban J connectivity index is 1.61. The van der Waals surface area contributed by atoms with Gasteiger partial charge in [-0.15, -0.1) is 0 Å². The average Bonchev–Trinajstić information content (AvgIpc) is 3.24. The standard InChI is InChI=1S/C26H34N2O7/c1-5-32-24(29)23-22(12-9-13-27-23)33-17-20-14-21(15-28(20)25(30)35-26(2,3)4)34-18-31-16-19-10-7-6-8-11-19/h6-13,20-21H,5,14-18H2,1-4H3/t20-,21-/m1/s1. The van der Waals surface area contributed by atoms with Gasteiger partial charge in [0.1, 0.15) is 19.0 Å². The summed E-state index contributed by atoms with van der Waals surface area (Å²) in [6.07, 6.45) is 1.34. The molecule has 1 aromatic heterocycles. The van der Waals surface area contributed by atoms with Gasteiger partial charge in [-0.3, -0.25) is 4.90 Å². The highest BCUT2D eigenvalue weighted by atomic mass is 16.7. The number of esters is 1. The van der Waals surface area contributed by atoms with Gasteiger partial charge in [-0.2, -0.15) is 0 Å². The molecule has 9 heteroatoms. The Bertz CT molecular complexity index is 962. The van der Waals surface area contributed by atoms with E-state index in [1.54, 1.807) is 24.0 Å². The molecule has 0 radical (unpaired) electrons. The van der Waals surface area contributed by atoms with Crippen LogP contribution in [-0.2, 0) is 25.6 Å². The lowest BCUT2D eigenvalue weighted by Gasteiger charge is -2.28. The van der Waals surface area contributed by atoms with Gasteiger partial charge in [0.05, 0.1) is 31.9 Å². The normalized spacial score (nSPS) is 17.8. The van der Waals surface area contributed by atoms with Gasteiger partial charge in [0.2, 0.25) is 0 Å². The predicted molar refractivity (Wildman–Crippen MR) is 128 cm³/mol. The average molecular weight is 487 g/mol. The van der Waals surface area contributed by atoms with Gasteiger partial charge < -0.3 is 23.7 Å². The monoisotopic (exact) mass is 486 g/mol. The van der Waals surface area contributed by atoms with E-state index in [0.717, 1.165) is 5.56 Å². The zero-order valence-electron chi connectivity index (χ0n) is 20.8. The van der Waals surface area contributed by atoms with E-state index in [0.29, 0.717) is 25.3 Å². The Morgan fingerprint density at radius 2 is 1.89 bits per heavy atom. The minimum absolute atomic E-state index is 0.0956. The molecule has 1 aliphatic rings. The van der Waals surface area contributed by atoms with Crippen molar-refractivity contribution >= 4 is 12.1 Å². The molecule has 1 aromatic carbocycles. The summed E-state index contributed by atoms with van der Waals surface area (Å²) in [4.78, 5) is 30.8. The lowest BCUT2D eigenvalue weighted by atomic mass is 10.2. The Hall–Kier alpha value is -3.17. The molecule has 0 N–H and O–H groups in total. The molecular formula is C26H34N2O7. The highest BCUT2D eigenvalue weighted by molar-refractivity contribution is 5.90. The number of likely N-dealkylation sites (tertiary alicyclic amines) is 1. The van der Waals surface area contributed by atoms with Gasteiger partial charge in [0.25, 0.3) is 0 Å². The maximum atomic E-state index is 12.9. The molecule has 1 fully saturated rings. The van der Waals surface area contributed by atoms with E-state index >= 15 is 0 Å². The summed E-state index contributed by atoms with van der Waals surface area (Å²) in [6, 6.07) is 12.8. The first-order valence-corrected chi connectivity index (χ1v) is 11.7. The molecule has 3 rings (SSSR count). The largest absolute Gasteiger partial charge is 0.489 e. The van der Waals surface area contributed by atoms with Gasteiger partial charge in [-0.05, 0) is 51.8 Å². The summed E-state index contributed by atoms with van der Waals surface area (Å²) >= 11 is 0. The van der Waals surface area contributed by atoms with Crippen molar-refractivity contribution in [1.82, 2.24) is 9.88 Å². The molecule has 2 heterocycles. The lowest BCUT2D eigenvalue weighted by molar-refractivity contribution is -0.0922. The minimum atomic E-state index is -0.638. The fraction of sp³-hybridized carbons (Fsp3) is 0.500. The van der Waals surface area contributed by atoms with Gasteiger partial charge in [0.15, 0.2) is 11.4 Å². The molecule has 0 saturated carbocycles. The SMILES string of the molecule is CCOC(=O)c1ncccc1OC[C@H]1C[C@@H](OCOCc2ccccc2)CN1C(=O)OC(C)(C)C. The zero-order chi connectivity index (χ0) is 25.3. The molecule has 1 amide bonds. The van der Waals surface area contributed by atoms with Crippen molar-refractivity contribution < 1.29 is 33.3 Å². The van der Waals surface area contributed by atoms with E-state index in [-0.39, 0.29) is 37.8 Å². The number of hydrogen-bond acceptors (Lipinski definition) is 8. The number of ether oxygens (including phenoxy) is 5. The first-order valence-electron chi connectivity index (χ1n) is 11.7. The molecular weight excluding hydrogens is 452 g/mol. The van der Waals surface area contributed by atoms with E-state index in [9.17, 15) is 9.59 Å². The third-order valence-electron chi connectivity index (χ3n) is 5.17. The number of carbonyl (C=O) groups excluding carboxylic acids is 2. The fourth-order valence-corrected chi connectivity index (χ4v) is 3.62. The Morgan fingerprint density at radius 3 is 2.60 bits per heavy atom. The van der Waals surface area contributed by atoms with Crippen molar-refractivity contribution in [1.29, 1.82) is 0 Å². The smallest absolute Gasteiger partial charge is 0.410 e. The number of carbonyl (C=O) groups is 2. The van der Waals surface area contributed by atoms with Crippen LogP contribution in [0.5, 0.6) is 5.75 Å². The van der Waals surface area contributed by atoms with Crippen molar-refractivity contribution in [3.05, 3.63) is 59.9 Å². The van der Waals surface area contributed by atoms with Gasteiger partial charge in [-0.1, -0.05) is 30.3 Å². The van der Waals surface area contributed by atoms with Crippen LogP contribution in [0.25, 0.3) is 0 Å². The molecule has 2 aromatic rings. The number of nitrogens with zero attached hydrogens (tertiary/aromatic N) is 2. The Morgan fingerprint density at radius 1 is 1.11 bits per heavy atom. The molecule has 0 unspecified atom stereocenters. The summed E-state index contributed by atoms with van der Waals surface area (Å²) in [5.74, 6) is -0.263. The summed E-state index contributed by atoms with van der Waals surface area (Å²) in [5.41, 5.74) is 0.511. The van der Waals surface area contributed by atoms with Crippen molar-refractivity contribution in [2.45, 2.75) is 58.5 Å². The van der Waals surface area contributed by atoms with E-state index in [1.807, 2.05) is 51.1 Å². The molecule has 190 valence electrons. The summed E-state index contributed by atoms with van der Waals surface area (Å²) in [7, 11) is 0. The number of rotatable bonds is 10. The third-order valence-corrected chi connectivity index (χ3v) is 5.17. The zero-order valence-corrected chi connectivity index (χ0v) is 20.8. The van der Waals surface area contributed by atoms with Gasteiger partial charge in [0, 0.05) is 6.20 Å². The van der Waals surface area contributed by atoms with Crippen LogP contribution in [-0.4, -0.2) is 66.2 Å². The molecule has 2 atom stereocenters. The number of amides is 1. The third kappa shape index (κ3) is 8.22. The first-order chi connectivity index (χ1) is 16.8. The second kappa shape index (κ2) is 12.5. The maximum Gasteiger partial charge on any atom is 0.410 e. The Labute approximate surface area is 206 Å². The lowest BCUT2D eigenvalue weighted by Crippen LogP contribution is -2.42. The van der Waals surface area contributed by atoms with Crippen LogP contribution in [0.3, 0.4) is 0 Å². The first kappa shape index (κ1) is 26.4. The van der Waals surface area contributed by atoms with Gasteiger partial charge in [-0.25, -0.2) is 14.6 Å². The number of aromatic nitrogens is 1. The second-order valence-electron chi connectivity index (χ2n) is 9.14. The van der Waals surface area contributed by atoms with Crippen LogP contribution in [0.15, 0.2) is 48.7 Å². The van der Waals surface area contributed by atoms with E-state index in [1.165, 1.54) is 6.20 Å². The summed E-state index contributed by atoms with van der Waals surface area (Å²) < 4.78 is 28.1. The van der Waals surface area contributed by atoms with E-state index in [2.05, 4.69) is 4.98 Å². The van der Waals surface area contributed by atoms with Crippen LogP contribution in [0.1, 0.15) is 50.2 Å². The van der Waals surface area contributed by atoms with E-state index < -0.39 is 17.7 Å². The molecule has 1 aliphatic heterocycles. The molecule has 35 heavy (non-hydrogen) atoms. The predicted octanol–water partition coefficient (Wildman–Crippen LogP) is 4.21. The van der Waals surface area contributed by atoms with Crippen LogP contribution in [0, 0.1) is 0 Å². The molecule has 9 nitrogen and oxygen atoms in total. The van der Waals surface area contributed by atoms with Crippen molar-refractivity contribution in [3.63, 3.8) is 0 Å². The van der Waals surface area contributed by atoms with Gasteiger partial charge >= 0.3 is 12.1 Å². The van der Waals surface area contributed by atoms with Crippen LogP contribution < -0.4 is 4.74 Å². The fourth-order valence-electron chi connectivity index (χ4n) is 3.62. The number of benzene rings is 1. The van der Waals surface area contributed by atoms with Crippen molar-refractivity contribution in [2.24, 2.45) is 0 Å². The molecule has 0 spiro atoms. The minimum Gasteiger partial charge on any atom is -0.489 e. The van der Waals surface area contributed by atoms with E-state index in [4.69, 9.17) is 23.7 Å². The highest BCUT2D eigenvalue weighted by Crippen LogP contribution is 2.25. The van der Waals surface area contributed by atoms with Crippen LogP contribution >= 0.6 is 0 Å². The molecule has 0 aliphatic carbocycles. The molecule has 1 saturated heterocycles. The molecule has 0 bridgehead atoms. The van der Waals surface area contributed by atoms with Crippen molar-refractivity contribution in [3.8, 4) is 5.75 Å². The maximum absolute atomic E-state index is 12.9. The van der Waals surface area contributed by atoms with Crippen molar-refractivity contribution in [2.75, 3.05) is 26.6 Å².